The predicted octanol–water partition coefficient (Wildman–Crippen LogP) is 15.1. The maximum atomic E-state index is 13.7. The molecule has 2 saturated carbocycles. The summed E-state index contributed by atoms with van der Waals surface area (Å²) in [4.78, 5) is 58.0. The number of rotatable bonds is 5. The summed E-state index contributed by atoms with van der Waals surface area (Å²) in [6, 6.07) is 26.1. The number of azide groups is 1. The summed E-state index contributed by atoms with van der Waals surface area (Å²) in [6.45, 7) is 11.0. The second-order valence-electron chi connectivity index (χ2n) is 19.6. The lowest BCUT2D eigenvalue weighted by atomic mass is 9.60. The lowest BCUT2D eigenvalue weighted by molar-refractivity contribution is -0.133. The molecule has 8 atom stereocenters. The van der Waals surface area contributed by atoms with E-state index in [1.807, 2.05) is 54.6 Å². The molecule has 0 N–H and O–H groups in total. The minimum atomic E-state index is -1.41. The van der Waals surface area contributed by atoms with E-state index in [4.69, 9.17) is 79.1 Å². The Labute approximate surface area is 420 Å². The molecule has 4 aromatic rings. The molecule has 0 spiro atoms. The molecular formula is C50H51Cl6N5O6. The lowest BCUT2D eigenvalue weighted by Gasteiger charge is -2.44. The van der Waals surface area contributed by atoms with Gasteiger partial charge < -0.3 is 9.47 Å². The summed E-state index contributed by atoms with van der Waals surface area (Å²) < 4.78 is 11.0. The van der Waals surface area contributed by atoms with Gasteiger partial charge in [-0.05, 0) is 173 Å². The zero-order valence-corrected chi connectivity index (χ0v) is 42.4. The number of nitrogens with zero attached hydrogens (tertiary/aromatic N) is 5. The zero-order valence-electron chi connectivity index (χ0n) is 37.8. The SMILES string of the molecule is CC(C)(C)OC(=O)N1C[C@H]2[C@@H](c3ccc(Cl)cc3)[C@H](c3ccc(Cl)cc3Cl)CC[C@@H]2C1=O.CC(C)(C)OC(=O)N1C[C@H]2[C@@H](c3ccc(Cl)cc3)[C@H](c3ccc(Cl)cc3Cl)CC[C@@]2(N=[N+]=[N-])C1=O. The van der Waals surface area contributed by atoms with Crippen molar-refractivity contribution in [2.24, 2.45) is 22.9 Å². The quantitative estimate of drug-likeness (QED) is 0.111. The third kappa shape index (κ3) is 10.8. The van der Waals surface area contributed by atoms with Crippen molar-refractivity contribution in [3.05, 3.63) is 148 Å². The van der Waals surface area contributed by atoms with E-state index >= 15 is 0 Å². The standard InChI is InChI=1S/C25H25Cl3N4O3.C25H26Cl3NO3/c1-24(2,3)35-23(34)32-13-19-21(14-4-6-15(26)7-5-14)18(17-9-8-16(27)12-20(17)28)10-11-25(19,22(32)33)30-31-29;1-25(2,3)32-24(31)29-13-20-19(23(29)30)11-10-18(17-9-8-16(27)12-21(17)28)22(20)14-4-6-15(26)7-5-14/h4-9,12,18-19,21H,10-11,13H2,1-3H3;4-9,12,18-20,22H,10-11,13H2,1-3H3/t18-,19-,21-,25-;18-,19-,20+,22-/m00/s1. The molecule has 354 valence electrons. The molecule has 0 unspecified atom stereocenters. The summed E-state index contributed by atoms with van der Waals surface area (Å²) in [6.07, 6.45) is 0.930. The number of halogens is 6. The predicted molar refractivity (Wildman–Crippen MR) is 264 cm³/mol. The molecular weight excluding hydrogens is 979 g/mol. The first-order chi connectivity index (χ1) is 31.5. The Kier molecular flexibility index (Phi) is 15.2. The third-order valence-electron chi connectivity index (χ3n) is 13.2. The number of imide groups is 2. The molecule has 0 radical (unpaired) electrons. The van der Waals surface area contributed by atoms with Crippen LogP contribution in [0, 0.1) is 17.8 Å². The average molecular weight is 1030 g/mol. The molecule has 67 heavy (non-hydrogen) atoms. The number of amides is 4. The largest absolute Gasteiger partial charge is 0.443 e. The van der Waals surface area contributed by atoms with E-state index in [0.29, 0.717) is 49.5 Å². The number of carbonyl (C=O) groups excluding carboxylic acids is 4. The first kappa shape index (κ1) is 50.7. The van der Waals surface area contributed by atoms with Crippen molar-refractivity contribution in [1.29, 1.82) is 0 Å². The number of ether oxygens (including phenoxy) is 2. The summed E-state index contributed by atoms with van der Waals surface area (Å²) in [5.41, 5.74) is 10.5. The van der Waals surface area contributed by atoms with Crippen LogP contribution in [-0.4, -0.2) is 63.6 Å². The van der Waals surface area contributed by atoms with Gasteiger partial charge >= 0.3 is 12.2 Å². The summed E-state index contributed by atoms with van der Waals surface area (Å²) in [5, 5.41) is 7.52. The Bertz CT molecular complexity index is 2600. The molecule has 4 aliphatic rings. The van der Waals surface area contributed by atoms with E-state index in [-0.39, 0.29) is 54.4 Å². The van der Waals surface area contributed by atoms with Crippen molar-refractivity contribution in [3.8, 4) is 0 Å². The molecule has 0 bridgehead atoms. The van der Waals surface area contributed by atoms with Crippen LogP contribution in [0.3, 0.4) is 0 Å². The third-order valence-corrected chi connectivity index (χ3v) is 14.8. The van der Waals surface area contributed by atoms with E-state index in [0.717, 1.165) is 33.6 Å². The number of likely N-dealkylation sites (tertiary alicyclic amines) is 2. The van der Waals surface area contributed by atoms with Crippen molar-refractivity contribution in [2.45, 2.75) is 108 Å². The van der Waals surface area contributed by atoms with Gasteiger partial charge in [0.05, 0.1) is 0 Å². The van der Waals surface area contributed by atoms with Crippen LogP contribution in [0.25, 0.3) is 10.4 Å². The first-order valence-corrected chi connectivity index (χ1v) is 24.3. The van der Waals surface area contributed by atoms with Gasteiger partial charge in [-0.1, -0.05) is 111 Å². The number of carbonyl (C=O) groups is 4. The Morgan fingerprint density at radius 2 is 1.07 bits per heavy atom. The van der Waals surface area contributed by atoms with Crippen LogP contribution in [0.1, 0.15) is 113 Å². The molecule has 8 rings (SSSR count). The molecule has 2 aliphatic carbocycles. The maximum Gasteiger partial charge on any atom is 0.417 e. The zero-order chi connectivity index (χ0) is 48.7. The summed E-state index contributed by atoms with van der Waals surface area (Å²) in [5.74, 6) is -1.76. The van der Waals surface area contributed by atoms with Crippen LogP contribution in [0.2, 0.25) is 30.1 Å². The Morgan fingerprint density at radius 3 is 1.55 bits per heavy atom. The highest BCUT2D eigenvalue weighted by Gasteiger charge is 2.62. The van der Waals surface area contributed by atoms with Crippen LogP contribution in [0.5, 0.6) is 0 Å². The van der Waals surface area contributed by atoms with Gasteiger partial charge in [-0.2, -0.15) is 0 Å². The smallest absolute Gasteiger partial charge is 0.417 e. The highest BCUT2D eigenvalue weighted by Crippen LogP contribution is 2.58. The van der Waals surface area contributed by atoms with Crippen molar-refractivity contribution >= 4 is 93.6 Å². The Balaban J connectivity index is 0.000000200. The molecule has 2 saturated heterocycles. The van der Waals surface area contributed by atoms with Crippen LogP contribution in [0.4, 0.5) is 9.59 Å². The lowest BCUT2D eigenvalue weighted by Crippen LogP contribution is -2.48. The number of benzene rings is 4. The summed E-state index contributed by atoms with van der Waals surface area (Å²) >= 11 is 37.8. The van der Waals surface area contributed by atoms with Crippen LogP contribution >= 0.6 is 69.6 Å². The highest BCUT2D eigenvalue weighted by atomic mass is 35.5. The van der Waals surface area contributed by atoms with E-state index in [9.17, 15) is 24.7 Å². The molecule has 4 fully saturated rings. The van der Waals surface area contributed by atoms with E-state index in [2.05, 4.69) is 10.0 Å². The van der Waals surface area contributed by atoms with Gasteiger partial charge in [0, 0.05) is 60.0 Å². The maximum absolute atomic E-state index is 13.7. The fourth-order valence-corrected chi connectivity index (χ4v) is 11.9. The molecule has 17 heteroatoms. The molecule has 4 amide bonds. The minimum Gasteiger partial charge on any atom is -0.443 e. The Morgan fingerprint density at radius 1 is 0.627 bits per heavy atom. The van der Waals surface area contributed by atoms with Gasteiger partial charge in [-0.3, -0.25) is 9.59 Å². The number of hydrogen-bond acceptors (Lipinski definition) is 7. The second kappa shape index (κ2) is 20.0. The van der Waals surface area contributed by atoms with Crippen molar-refractivity contribution < 1.29 is 28.7 Å². The Hall–Kier alpha value is -4.19. The fourth-order valence-electron chi connectivity index (χ4n) is 10.5. The van der Waals surface area contributed by atoms with Crippen molar-refractivity contribution in [2.75, 3.05) is 13.1 Å². The van der Waals surface area contributed by atoms with Gasteiger partial charge in [0.1, 0.15) is 16.7 Å². The van der Waals surface area contributed by atoms with Crippen LogP contribution in [0.15, 0.2) is 90.0 Å². The van der Waals surface area contributed by atoms with Crippen LogP contribution in [-0.2, 0) is 19.1 Å². The summed E-state index contributed by atoms with van der Waals surface area (Å²) in [7, 11) is 0. The fraction of sp³-hybridized carbons (Fsp3) is 0.440. The topological polar surface area (TPSA) is 142 Å². The average Bonchev–Trinajstić information content (AvgIpc) is 3.73. The van der Waals surface area contributed by atoms with Gasteiger partial charge in [0.2, 0.25) is 11.8 Å². The van der Waals surface area contributed by atoms with Gasteiger partial charge in [0.15, 0.2) is 0 Å². The molecule has 2 aliphatic heterocycles. The van der Waals surface area contributed by atoms with Gasteiger partial charge in [-0.25, -0.2) is 19.4 Å². The van der Waals surface area contributed by atoms with Crippen molar-refractivity contribution in [3.63, 3.8) is 0 Å². The van der Waals surface area contributed by atoms with Crippen LogP contribution < -0.4 is 0 Å². The van der Waals surface area contributed by atoms with E-state index in [1.54, 1.807) is 71.9 Å². The monoisotopic (exact) mass is 1030 g/mol. The highest BCUT2D eigenvalue weighted by molar-refractivity contribution is 6.35. The molecule has 11 nitrogen and oxygen atoms in total. The second-order valence-corrected chi connectivity index (χ2v) is 22.2. The molecule has 2 heterocycles. The minimum absolute atomic E-state index is 0.000999. The van der Waals surface area contributed by atoms with E-state index < -0.39 is 40.8 Å². The van der Waals surface area contributed by atoms with Gasteiger partial charge in [0.25, 0.3) is 0 Å². The number of hydrogen-bond donors (Lipinski definition) is 0. The molecule has 0 aromatic heterocycles. The van der Waals surface area contributed by atoms with Crippen molar-refractivity contribution in [1.82, 2.24) is 9.80 Å². The van der Waals surface area contributed by atoms with Gasteiger partial charge in [-0.15, -0.1) is 0 Å². The normalized spacial score (nSPS) is 25.9. The van der Waals surface area contributed by atoms with E-state index in [1.165, 1.54) is 4.90 Å². The first-order valence-electron chi connectivity index (χ1n) is 22.1. The number of fused-ring (bicyclic) bond motifs is 2. The molecule has 4 aromatic carbocycles.